The Morgan fingerprint density at radius 3 is 2.24 bits per heavy atom. The molecule has 33 heavy (non-hydrogen) atoms. The molecule has 0 aliphatic rings. The zero-order valence-corrected chi connectivity index (χ0v) is 18.9. The van der Waals surface area contributed by atoms with Crippen LogP contribution in [0.2, 0.25) is 0 Å². The lowest BCUT2D eigenvalue weighted by Crippen LogP contribution is -2.14. The Balaban J connectivity index is 1.91. The summed E-state index contributed by atoms with van der Waals surface area (Å²) in [6, 6.07) is 17.1. The molecule has 3 aromatic rings. The van der Waals surface area contributed by atoms with Gasteiger partial charge in [0.1, 0.15) is 17.2 Å². The number of nitrogens with one attached hydrogen (secondary N) is 2. The van der Waals surface area contributed by atoms with Gasteiger partial charge in [-0.25, -0.2) is 8.42 Å². The van der Waals surface area contributed by atoms with E-state index in [1.165, 1.54) is 32.4 Å². The molecule has 0 aromatic heterocycles. The van der Waals surface area contributed by atoms with Crippen LogP contribution in [0.4, 0.5) is 17.1 Å². The first-order valence-electron chi connectivity index (χ1n) is 9.65. The summed E-state index contributed by atoms with van der Waals surface area (Å²) >= 11 is 0. The highest BCUT2D eigenvalue weighted by atomic mass is 32.2. The third kappa shape index (κ3) is 5.39. The second kappa shape index (κ2) is 10.0. The summed E-state index contributed by atoms with van der Waals surface area (Å²) in [5, 5.41) is 15.8. The number of anilines is 2. The first kappa shape index (κ1) is 23.5. The van der Waals surface area contributed by atoms with Gasteiger partial charge in [-0.2, -0.15) is 5.10 Å². The van der Waals surface area contributed by atoms with Crippen molar-refractivity contribution in [2.45, 2.75) is 11.8 Å². The largest absolute Gasteiger partial charge is 0.496 e. The number of ether oxygens (including phenoxy) is 2. The Kier molecular flexibility index (Phi) is 7.13. The number of nitrogens with zero attached hydrogens (tertiary/aromatic N) is 2. The van der Waals surface area contributed by atoms with Crippen LogP contribution in [0.15, 0.2) is 76.7 Å². The number of nitro groups is 1. The molecule has 0 unspecified atom stereocenters. The molecule has 0 amide bonds. The molecule has 3 rings (SSSR count). The summed E-state index contributed by atoms with van der Waals surface area (Å²) < 4.78 is 38.5. The predicted octanol–water partition coefficient (Wildman–Crippen LogP) is 4.25. The maximum atomic E-state index is 12.8. The summed E-state index contributed by atoms with van der Waals surface area (Å²) in [6.07, 6.45) is 0. The minimum atomic E-state index is -4.12. The van der Waals surface area contributed by atoms with E-state index in [4.69, 9.17) is 9.47 Å². The van der Waals surface area contributed by atoms with E-state index >= 15 is 0 Å². The van der Waals surface area contributed by atoms with Gasteiger partial charge in [0.25, 0.3) is 15.7 Å². The monoisotopic (exact) mass is 470 g/mol. The molecule has 0 aliphatic heterocycles. The highest BCUT2D eigenvalue weighted by Gasteiger charge is 2.22. The van der Waals surface area contributed by atoms with E-state index in [1.807, 2.05) is 12.1 Å². The zero-order valence-electron chi connectivity index (χ0n) is 18.1. The van der Waals surface area contributed by atoms with Crippen molar-refractivity contribution in [2.75, 3.05) is 24.4 Å². The number of nitro benzene ring substituents is 1. The Morgan fingerprint density at radius 1 is 0.939 bits per heavy atom. The standard InChI is InChI=1S/C22H22N4O6S/c1-15(17-8-4-6-10-21(17)31-2)23-24-18-13-12-16(14-20(18)26(27)28)33(29,30)25-19-9-5-7-11-22(19)32-3/h4-14,24-25H,1-3H3. The van der Waals surface area contributed by atoms with E-state index in [2.05, 4.69) is 15.2 Å². The number of sulfonamides is 1. The van der Waals surface area contributed by atoms with Crippen molar-refractivity contribution >= 4 is 32.8 Å². The van der Waals surface area contributed by atoms with Gasteiger partial charge in [-0.1, -0.05) is 24.3 Å². The van der Waals surface area contributed by atoms with Crippen molar-refractivity contribution in [1.29, 1.82) is 0 Å². The van der Waals surface area contributed by atoms with Crippen LogP contribution < -0.4 is 19.6 Å². The highest BCUT2D eigenvalue weighted by molar-refractivity contribution is 7.92. The minimum absolute atomic E-state index is 0.0329. The Morgan fingerprint density at radius 2 is 1.58 bits per heavy atom. The minimum Gasteiger partial charge on any atom is -0.496 e. The average molecular weight is 471 g/mol. The Hall–Kier alpha value is -4.12. The summed E-state index contributed by atoms with van der Waals surface area (Å²) in [4.78, 5) is 10.7. The van der Waals surface area contributed by atoms with Gasteiger partial charge < -0.3 is 9.47 Å². The van der Waals surface area contributed by atoms with Gasteiger partial charge in [0.15, 0.2) is 0 Å². The molecule has 0 heterocycles. The molecular formula is C22H22N4O6S. The van der Waals surface area contributed by atoms with Gasteiger partial charge >= 0.3 is 0 Å². The Labute approximate surface area is 191 Å². The molecule has 0 fully saturated rings. The SMILES string of the molecule is COc1ccccc1NS(=O)(=O)c1ccc(NN=C(C)c2ccccc2OC)c([N+](=O)[O-])c1. The second-order valence-electron chi connectivity index (χ2n) is 6.75. The number of rotatable bonds is 9. The number of hydrogen-bond acceptors (Lipinski definition) is 8. The molecule has 11 heteroatoms. The summed E-state index contributed by atoms with van der Waals surface area (Å²) in [5.41, 5.74) is 3.67. The van der Waals surface area contributed by atoms with E-state index in [9.17, 15) is 18.5 Å². The molecule has 0 saturated heterocycles. The quantitative estimate of drug-likeness (QED) is 0.271. The lowest BCUT2D eigenvalue weighted by Gasteiger charge is -2.12. The fraction of sp³-hybridized carbons (Fsp3) is 0.136. The predicted molar refractivity (Wildman–Crippen MR) is 126 cm³/mol. The summed E-state index contributed by atoms with van der Waals surface area (Å²) in [6.45, 7) is 1.71. The molecule has 0 atom stereocenters. The maximum absolute atomic E-state index is 12.8. The summed E-state index contributed by atoms with van der Waals surface area (Å²) in [7, 11) is -1.18. The van der Waals surface area contributed by atoms with Crippen molar-refractivity contribution in [2.24, 2.45) is 5.10 Å². The van der Waals surface area contributed by atoms with Crippen LogP contribution in [-0.2, 0) is 10.0 Å². The van der Waals surface area contributed by atoms with Crippen LogP contribution in [0, 0.1) is 10.1 Å². The Bertz CT molecular complexity index is 1310. The third-order valence-electron chi connectivity index (χ3n) is 4.67. The van der Waals surface area contributed by atoms with Crippen molar-refractivity contribution in [3.05, 3.63) is 82.4 Å². The van der Waals surface area contributed by atoms with Gasteiger partial charge in [0, 0.05) is 11.6 Å². The number of methoxy groups -OCH3 is 2. The molecule has 0 spiro atoms. The van der Waals surface area contributed by atoms with Crippen LogP contribution in [0.3, 0.4) is 0 Å². The molecule has 10 nitrogen and oxygen atoms in total. The van der Waals surface area contributed by atoms with E-state index in [0.717, 1.165) is 6.07 Å². The topological polar surface area (TPSA) is 132 Å². The molecule has 172 valence electrons. The number of para-hydroxylation sites is 3. The third-order valence-corrected chi connectivity index (χ3v) is 6.03. The van der Waals surface area contributed by atoms with Crippen LogP contribution in [0.25, 0.3) is 0 Å². The molecular weight excluding hydrogens is 448 g/mol. The van der Waals surface area contributed by atoms with E-state index in [-0.39, 0.29) is 16.3 Å². The molecule has 0 aliphatic carbocycles. The molecule has 0 bridgehead atoms. The lowest BCUT2D eigenvalue weighted by molar-refractivity contribution is -0.384. The average Bonchev–Trinajstić information content (AvgIpc) is 2.82. The van der Waals surface area contributed by atoms with Crippen molar-refractivity contribution in [3.63, 3.8) is 0 Å². The van der Waals surface area contributed by atoms with Crippen LogP contribution in [0.5, 0.6) is 11.5 Å². The van der Waals surface area contributed by atoms with Gasteiger partial charge in [0.2, 0.25) is 0 Å². The van der Waals surface area contributed by atoms with Crippen molar-refractivity contribution < 1.29 is 22.8 Å². The molecule has 3 aromatic carbocycles. The second-order valence-corrected chi connectivity index (χ2v) is 8.43. The smallest absolute Gasteiger partial charge is 0.295 e. The van der Waals surface area contributed by atoms with Crippen molar-refractivity contribution in [1.82, 2.24) is 0 Å². The van der Waals surface area contributed by atoms with E-state index in [0.29, 0.717) is 22.8 Å². The van der Waals surface area contributed by atoms with Gasteiger partial charge in [-0.15, -0.1) is 0 Å². The van der Waals surface area contributed by atoms with Gasteiger partial charge in [-0.3, -0.25) is 20.3 Å². The first-order valence-corrected chi connectivity index (χ1v) is 11.1. The number of benzene rings is 3. The molecule has 2 N–H and O–H groups in total. The fourth-order valence-corrected chi connectivity index (χ4v) is 4.09. The van der Waals surface area contributed by atoms with Crippen LogP contribution in [0.1, 0.15) is 12.5 Å². The van der Waals surface area contributed by atoms with Crippen molar-refractivity contribution in [3.8, 4) is 11.5 Å². The number of hydrazone groups is 1. The highest BCUT2D eigenvalue weighted by Crippen LogP contribution is 2.31. The zero-order chi connectivity index (χ0) is 24.0. The van der Waals surface area contributed by atoms with Gasteiger partial charge in [-0.05, 0) is 43.3 Å². The van der Waals surface area contributed by atoms with E-state index in [1.54, 1.807) is 37.3 Å². The number of hydrogen-bond donors (Lipinski definition) is 2. The van der Waals surface area contributed by atoms with Crippen LogP contribution in [-0.4, -0.2) is 33.3 Å². The first-order chi connectivity index (χ1) is 15.8. The summed E-state index contributed by atoms with van der Waals surface area (Å²) in [5.74, 6) is 0.911. The van der Waals surface area contributed by atoms with Crippen LogP contribution >= 0.6 is 0 Å². The lowest BCUT2D eigenvalue weighted by atomic mass is 10.1. The maximum Gasteiger partial charge on any atom is 0.295 e. The molecule has 0 saturated carbocycles. The van der Waals surface area contributed by atoms with Gasteiger partial charge in [0.05, 0.1) is 35.4 Å². The van der Waals surface area contributed by atoms with E-state index < -0.39 is 20.6 Å². The molecule has 0 radical (unpaired) electrons. The normalized spacial score (nSPS) is 11.5. The fourth-order valence-electron chi connectivity index (χ4n) is 3.00.